The summed E-state index contributed by atoms with van der Waals surface area (Å²) in [4.78, 5) is 11.8. The molecule has 1 N–H and O–H groups in total. The number of nitrogens with one attached hydrogen (secondary N) is 1. The number of hydrogen-bond acceptors (Lipinski definition) is 2. The Balaban J connectivity index is 2.00. The van der Waals surface area contributed by atoms with Gasteiger partial charge in [-0.05, 0) is 43.9 Å². The minimum atomic E-state index is -0.258. The first kappa shape index (κ1) is 13.4. The standard InChI is InChI=1S/C13H14Cl2N2O/c14-11-7-6-9(8-12(11)15)13(18)17-16-10-4-2-1-3-5-10/h6-8H,1-5H2,(H,17,18). The quantitative estimate of drug-likeness (QED) is 0.818. The first-order valence-corrected chi connectivity index (χ1v) is 6.73. The van der Waals surface area contributed by atoms with Gasteiger partial charge in [-0.25, -0.2) is 5.43 Å². The van der Waals surface area contributed by atoms with Crippen LogP contribution >= 0.6 is 23.2 Å². The van der Waals surface area contributed by atoms with E-state index in [1.165, 1.54) is 6.42 Å². The smallest absolute Gasteiger partial charge is 0.267 e. The zero-order chi connectivity index (χ0) is 13.0. The molecule has 0 aromatic heterocycles. The highest BCUT2D eigenvalue weighted by Crippen LogP contribution is 2.22. The van der Waals surface area contributed by atoms with E-state index in [4.69, 9.17) is 23.2 Å². The van der Waals surface area contributed by atoms with E-state index in [-0.39, 0.29) is 5.91 Å². The van der Waals surface area contributed by atoms with Gasteiger partial charge in [0.25, 0.3) is 5.91 Å². The van der Waals surface area contributed by atoms with Gasteiger partial charge >= 0.3 is 0 Å². The Morgan fingerprint density at radius 2 is 1.83 bits per heavy atom. The maximum absolute atomic E-state index is 11.8. The molecule has 0 aliphatic heterocycles. The summed E-state index contributed by atoms with van der Waals surface area (Å²) in [5.74, 6) is -0.258. The molecule has 1 aliphatic carbocycles. The molecule has 3 nitrogen and oxygen atoms in total. The summed E-state index contributed by atoms with van der Waals surface area (Å²) in [5.41, 5.74) is 4.09. The summed E-state index contributed by atoms with van der Waals surface area (Å²) < 4.78 is 0. The Labute approximate surface area is 116 Å². The first-order chi connectivity index (χ1) is 8.66. The average molecular weight is 285 g/mol. The van der Waals surface area contributed by atoms with Gasteiger partial charge in [0.15, 0.2) is 0 Å². The van der Waals surface area contributed by atoms with Crippen LogP contribution in [0.15, 0.2) is 23.3 Å². The van der Waals surface area contributed by atoms with Crippen LogP contribution in [0.2, 0.25) is 10.0 Å². The molecule has 0 bridgehead atoms. The van der Waals surface area contributed by atoms with Crippen LogP contribution in [0, 0.1) is 0 Å². The highest BCUT2D eigenvalue weighted by atomic mass is 35.5. The van der Waals surface area contributed by atoms with E-state index in [1.807, 2.05) is 0 Å². The lowest BCUT2D eigenvalue weighted by molar-refractivity contribution is 0.0954. The first-order valence-electron chi connectivity index (χ1n) is 5.97. The van der Waals surface area contributed by atoms with Crippen molar-refractivity contribution in [2.24, 2.45) is 5.10 Å². The highest BCUT2D eigenvalue weighted by molar-refractivity contribution is 6.42. The van der Waals surface area contributed by atoms with Crippen molar-refractivity contribution in [2.45, 2.75) is 32.1 Å². The molecule has 0 atom stereocenters. The molecule has 1 fully saturated rings. The maximum Gasteiger partial charge on any atom is 0.271 e. The number of nitrogens with zero attached hydrogens (tertiary/aromatic N) is 1. The van der Waals surface area contributed by atoms with Gasteiger partial charge in [-0.15, -0.1) is 0 Å². The number of hydrogen-bond donors (Lipinski definition) is 1. The van der Waals surface area contributed by atoms with Crippen molar-refractivity contribution in [3.8, 4) is 0 Å². The van der Waals surface area contributed by atoms with E-state index in [0.29, 0.717) is 15.6 Å². The summed E-state index contributed by atoms with van der Waals surface area (Å²) in [6, 6.07) is 4.78. The summed E-state index contributed by atoms with van der Waals surface area (Å²) in [7, 11) is 0. The van der Waals surface area contributed by atoms with Crippen molar-refractivity contribution in [1.29, 1.82) is 0 Å². The van der Waals surface area contributed by atoms with Crippen LogP contribution in [0.25, 0.3) is 0 Å². The predicted molar refractivity (Wildman–Crippen MR) is 74.4 cm³/mol. The fourth-order valence-electron chi connectivity index (χ4n) is 1.90. The van der Waals surface area contributed by atoms with Gasteiger partial charge in [0.05, 0.1) is 10.0 Å². The third-order valence-electron chi connectivity index (χ3n) is 2.93. The molecule has 0 heterocycles. The van der Waals surface area contributed by atoms with Gasteiger partial charge < -0.3 is 0 Å². The molecule has 0 unspecified atom stereocenters. The van der Waals surface area contributed by atoms with Crippen molar-refractivity contribution in [1.82, 2.24) is 5.43 Å². The molecule has 96 valence electrons. The van der Waals surface area contributed by atoms with Crippen molar-refractivity contribution >= 4 is 34.8 Å². The molecule has 5 heteroatoms. The van der Waals surface area contributed by atoms with Crippen molar-refractivity contribution < 1.29 is 4.79 Å². The van der Waals surface area contributed by atoms with E-state index in [1.54, 1.807) is 18.2 Å². The van der Waals surface area contributed by atoms with E-state index in [2.05, 4.69) is 10.5 Å². The number of hydrazone groups is 1. The fraction of sp³-hybridized carbons (Fsp3) is 0.385. The normalized spacial score (nSPS) is 15.3. The third kappa shape index (κ3) is 3.47. The van der Waals surface area contributed by atoms with E-state index in [9.17, 15) is 4.79 Å². The summed E-state index contributed by atoms with van der Waals surface area (Å²) in [5, 5.41) is 4.96. The lowest BCUT2D eigenvalue weighted by Gasteiger charge is -2.12. The highest BCUT2D eigenvalue weighted by Gasteiger charge is 2.10. The van der Waals surface area contributed by atoms with E-state index < -0.39 is 0 Å². The van der Waals surface area contributed by atoms with Crippen molar-refractivity contribution in [3.63, 3.8) is 0 Å². The minimum absolute atomic E-state index is 0.258. The Morgan fingerprint density at radius 3 is 2.50 bits per heavy atom. The molecular formula is C13H14Cl2N2O. The van der Waals surface area contributed by atoms with Crippen LogP contribution in [0.5, 0.6) is 0 Å². The number of halogens is 2. The summed E-state index contributed by atoms with van der Waals surface area (Å²) >= 11 is 11.7. The van der Waals surface area contributed by atoms with Crippen LogP contribution < -0.4 is 5.43 Å². The zero-order valence-corrected chi connectivity index (χ0v) is 11.4. The van der Waals surface area contributed by atoms with E-state index in [0.717, 1.165) is 31.4 Å². The lowest BCUT2D eigenvalue weighted by Crippen LogP contribution is -2.20. The van der Waals surface area contributed by atoms with Crippen molar-refractivity contribution in [2.75, 3.05) is 0 Å². The van der Waals surface area contributed by atoms with Crippen molar-refractivity contribution in [3.05, 3.63) is 33.8 Å². The number of rotatable bonds is 2. The zero-order valence-electron chi connectivity index (χ0n) is 9.88. The third-order valence-corrected chi connectivity index (χ3v) is 3.67. The molecule has 1 amide bonds. The minimum Gasteiger partial charge on any atom is -0.267 e. The van der Waals surface area contributed by atoms with Gasteiger partial charge in [0.1, 0.15) is 0 Å². The Bertz CT molecular complexity index is 478. The number of benzene rings is 1. The second-order valence-corrected chi connectivity index (χ2v) is 5.12. The summed E-state index contributed by atoms with van der Waals surface area (Å²) in [6.45, 7) is 0. The topological polar surface area (TPSA) is 41.5 Å². The molecule has 1 aromatic carbocycles. The van der Waals surface area contributed by atoms with Gasteiger partial charge in [-0.1, -0.05) is 29.6 Å². The predicted octanol–water partition coefficient (Wildman–Crippen LogP) is 4.04. The van der Waals surface area contributed by atoms with Gasteiger partial charge in [0.2, 0.25) is 0 Å². The molecule has 2 rings (SSSR count). The monoisotopic (exact) mass is 284 g/mol. The van der Waals surface area contributed by atoms with Crippen LogP contribution in [0.1, 0.15) is 42.5 Å². The number of carbonyl (C=O) groups is 1. The second-order valence-electron chi connectivity index (χ2n) is 4.31. The largest absolute Gasteiger partial charge is 0.271 e. The molecule has 1 saturated carbocycles. The molecule has 0 saturated heterocycles. The van der Waals surface area contributed by atoms with Crippen LogP contribution in [-0.2, 0) is 0 Å². The molecule has 1 aromatic rings. The Morgan fingerprint density at radius 1 is 1.11 bits per heavy atom. The van der Waals surface area contributed by atoms with Crippen LogP contribution in [-0.4, -0.2) is 11.6 Å². The molecule has 18 heavy (non-hydrogen) atoms. The van der Waals surface area contributed by atoms with Crippen LogP contribution in [0.3, 0.4) is 0 Å². The Hall–Kier alpha value is -1.06. The molecular weight excluding hydrogens is 271 g/mol. The molecule has 0 radical (unpaired) electrons. The molecule has 1 aliphatic rings. The Kier molecular flexibility index (Phi) is 4.61. The number of amides is 1. The second kappa shape index (κ2) is 6.21. The van der Waals surface area contributed by atoms with Gasteiger partial charge in [-0.3, -0.25) is 4.79 Å². The maximum atomic E-state index is 11.8. The lowest BCUT2D eigenvalue weighted by atomic mass is 9.99. The van der Waals surface area contributed by atoms with Gasteiger partial charge in [0, 0.05) is 11.3 Å². The average Bonchev–Trinajstić information content (AvgIpc) is 2.40. The number of carbonyl (C=O) groups excluding carboxylic acids is 1. The molecule has 0 spiro atoms. The van der Waals surface area contributed by atoms with Crippen LogP contribution in [0.4, 0.5) is 0 Å². The summed E-state index contributed by atoms with van der Waals surface area (Å²) in [6.07, 6.45) is 5.51. The van der Waals surface area contributed by atoms with Gasteiger partial charge in [-0.2, -0.15) is 5.10 Å². The SMILES string of the molecule is O=C(NN=C1CCCCC1)c1ccc(Cl)c(Cl)c1. The fourth-order valence-corrected chi connectivity index (χ4v) is 2.20. The van der Waals surface area contributed by atoms with E-state index >= 15 is 0 Å².